The van der Waals surface area contributed by atoms with Crippen LogP contribution in [0.5, 0.6) is 0 Å². The van der Waals surface area contributed by atoms with Crippen LogP contribution < -0.4 is 16.4 Å². The van der Waals surface area contributed by atoms with Gasteiger partial charge < -0.3 is 4.57 Å². The monoisotopic (exact) mass is 723 g/mol. The van der Waals surface area contributed by atoms with E-state index >= 15 is 0 Å². The maximum atomic E-state index is 5.24. The van der Waals surface area contributed by atoms with Crippen LogP contribution in [0.25, 0.3) is 83.3 Å². The van der Waals surface area contributed by atoms with Crippen LogP contribution in [0.2, 0.25) is 0 Å². The summed E-state index contributed by atoms with van der Waals surface area (Å²) < 4.78 is 7.64. The molecule has 3 aliphatic rings. The third-order valence-corrected chi connectivity index (χ3v) is 13.0. The second-order valence-corrected chi connectivity index (χ2v) is 15.7. The number of hydrogen-bond acceptors (Lipinski definition) is 2. The topological polar surface area (TPSA) is 40.6 Å². The van der Waals surface area contributed by atoms with Gasteiger partial charge in [-0.25, -0.2) is 0 Å². The number of rotatable bonds is 3. The lowest BCUT2D eigenvalue weighted by Crippen LogP contribution is -2.59. The lowest BCUT2D eigenvalue weighted by atomic mass is 9.34. The summed E-state index contributed by atoms with van der Waals surface area (Å²) in [4.78, 5) is 10.2. The van der Waals surface area contributed by atoms with Crippen LogP contribution in [-0.4, -0.2) is 30.4 Å². The molecule has 6 aromatic carbocycles. The van der Waals surface area contributed by atoms with Gasteiger partial charge >= 0.3 is 0 Å². The van der Waals surface area contributed by atoms with Crippen LogP contribution in [0, 0.1) is 0 Å². The minimum Gasteiger partial charge on any atom is -0.313 e. The minimum absolute atomic E-state index is 0.0119. The summed E-state index contributed by atoms with van der Waals surface area (Å²) in [5.74, 6) is 0.0778. The Labute approximate surface area is 327 Å². The van der Waals surface area contributed by atoms with E-state index in [0.717, 1.165) is 28.1 Å². The first kappa shape index (κ1) is 29.9. The number of benzene rings is 6. The average molecular weight is 724 g/mol. The molecule has 1 unspecified atom stereocenters. The molecular formula is C51H30BN5. The molecule has 0 N–H and O–H groups in total. The van der Waals surface area contributed by atoms with E-state index in [1.807, 2.05) is 18.5 Å². The van der Waals surface area contributed by atoms with Gasteiger partial charge in [-0.15, -0.1) is 0 Å². The van der Waals surface area contributed by atoms with Gasteiger partial charge in [0.05, 0.1) is 33.5 Å². The van der Waals surface area contributed by atoms with Crippen molar-refractivity contribution in [2.75, 3.05) is 0 Å². The van der Waals surface area contributed by atoms with Gasteiger partial charge in [-0.2, -0.15) is 0 Å². The van der Waals surface area contributed by atoms with Gasteiger partial charge in [0.1, 0.15) is 5.65 Å². The molecule has 0 saturated heterocycles. The quantitative estimate of drug-likeness (QED) is 0.171. The summed E-state index contributed by atoms with van der Waals surface area (Å²) >= 11 is 0. The summed E-state index contributed by atoms with van der Waals surface area (Å²) in [7, 11) is 0. The molecule has 1 atom stereocenters. The van der Waals surface area contributed by atoms with Crippen molar-refractivity contribution in [1.29, 1.82) is 0 Å². The highest BCUT2D eigenvalue weighted by Gasteiger charge is 2.45. The molecule has 11 aromatic rings. The van der Waals surface area contributed by atoms with Gasteiger partial charge in [0.2, 0.25) is 0 Å². The number of pyridine rings is 2. The van der Waals surface area contributed by atoms with E-state index in [0.29, 0.717) is 0 Å². The van der Waals surface area contributed by atoms with Gasteiger partial charge in [-0.3, -0.25) is 19.1 Å². The van der Waals surface area contributed by atoms with E-state index in [2.05, 4.69) is 171 Å². The largest absolute Gasteiger partial charge is 0.313 e. The third kappa shape index (κ3) is 3.62. The number of aromatic nitrogens is 5. The average Bonchev–Trinajstić information content (AvgIpc) is 4.00. The minimum atomic E-state index is 0.0119. The molecule has 6 heteroatoms. The Hall–Kier alpha value is -7.44. The van der Waals surface area contributed by atoms with Crippen molar-refractivity contribution in [1.82, 2.24) is 23.7 Å². The van der Waals surface area contributed by atoms with Gasteiger partial charge in [0.25, 0.3) is 6.71 Å². The molecule has 0 fully saturated rings. The van der Waals surface area contributed by atoms with Gasteiger partial charge in [-0.1, -0.05) is 115 Å². The first-order valence-corrected chi connectivity index (χ1v) is 19.7. The van der Waals surface area contributed by atoms with Crippen LogP contribution >= 0.6 is 0 Å². The lowest BCUT2D eigenvalue weighted by molar-refractivity contribution is 0.904. The highest BCUT2D eigenvalue weighted by atomic mass is 15.2. The van der Waals surface area contributed by atoms with Crippen LogP contribution in [0.4, 0.5) is 0 Å². The Kier molecular flexibility index (Phi) is 5.58. The van der Waals surface area contributed by atoms with Crippen LogP contribution in [0.15, 0.2) is 176 Å². The summed E-state index contributed by atoms with van der Waals surface area (Å²) in [6.45, 7) is 0.0119. The Morgan fingerprint density at radius 1 is 0.544 bits per heavy atom. The van der Waals surface area contributed by atoms with Crippen LogP contribution in [0.1, 0.15) is 22.7 Å². The van der Waals surface area contributed by atoms with Crippen LogP contribution in [-0.2, 0) is 0 Å². The van der Waals surface area contributed by atoms with Crippen molar-refractivity contribution in [2.45, 2.75) is 5.92 Å². The Bertz CT molecular complexity index is 3520. The Morgan fingerprint density at radius 2 is 1.28 bits per heavy atom. The first-order valence-electron chi connectivity index (χ1n) is 19.7. The van der Waals surface area contributed by atoms with Gasteiger partial charge in [0, 0.05) is 62.6 Å². The highest BCUT2D eigenvalue weighted by Crippen LogP contribution is 2.54. The molecular weight excluding hydrogens is 693 g/mol. The van der Waals surface area contributed by atoms with E-state index in [1.165, 1.54) is 88.4 Å². The molecule has 14 rings (SSSR count). The van der Waals surface area contributed by atoms with E-state index in [9.17, 15) is 0 Å². The fraction of sp³-hybridized carbons (Fsp3) is 0.0196. The van der Waals surface area contributed by atoms with E-state index in [-0.39, 0.29) is 12.6 Å². The molecule has 262 valence electrons. The molecule has 7 heterocycles. The molecule has 5 aromatic heterocycles. The zero-order valence-electron chi connectivity index (χ0n) is 30.6. The first-order chi connectivity index (χ1) is 28.3. The maximum absolute atomic E-state index is 5.24. The molecule has 2 aliphatic heterocycles. The van der Waals surface area contributed by atoms with Crippen molar-refractivity contribution in [3.05, 3.63) is 193 Å². The zero-order chi connectivity index (χ0) is 36.9. The van der Waals surface area contributed by atoms with Crippen molar-refractivity contribution in [2.24, 2.45) is 0 Å². The van der Waals surface area contributed by atoms with E-state index in [1.54, 1.807) is 0 Å². The molecule has 5 nitrogen and oxygen atoms in total. The predicted molar refractivity (Wildman–Crippen MR) is 233 cm³/mol. The lowest BCUT2D eigenvalue weighted by Gasteiger charge is -2.35. The SMILES string of the molecule is c1ccc(C2c3ccccc3-c3c2n2c4c(cccc34)B3c4c-2cc(-c2ccccn2)cc4-n2c4c3ccnc4c3c4ccccc4n(-c4ccccc4)c32)cc1. The maximum Gasteiger partial charge on any atom is 0.252 e. The van der Waals surface area contributed by atoms with Crippen molar-refractivity contribution >= 4 is 67.0 Å². The van der Waals surface area contributed by atoms with Gasteiger partial charge in [0.15, 0.2) is 0 Å². The number of nitrogens with zero attached hydrogens (tertiary/aromatic N) is 5. The second kappa shape index (κ2) is 10.7. The highest BCUT2D eigenvalue weighted by molar-refractivity contribution is 7.00. The molecule has 1 aliphatic carbocycles. The van der Waals surface area contributed by atoms with Crippen molar-refractivity contribution in [3.63, 3.8) is 0 Å². The fourth-order valence-corrected chi connectivity index (χ4v) is 10.9. The smallest absolute Gasteiger partial charge is 0.252 e. The summed E-state index contributed by atoms with van der Waals surface area (Å²) in [5, 5.41) is 3.69. The predicted octanol–water partition coefficient (Wildman–Crippen LogP) is 9.43. The van der Waals surface area contributed by atoms with E-state index < -0.39 is 0 Å². The third-order valence-electron chi connectivity index (χ3n) is 13.0. The molecule has 0 bridgehead atoms. The zero-order valence-corrected chi connectivity index (χ0v) is 30.6. The second-order valence-electron chi connectivity index (χ2n) is 15.7. The van der Waals surface area contributed by atoms with E-state index in [4.69, 9.17) is 9.97 Å². The van der Waals surface area contributed by atoms with Crippen molar-refractivity contribution < 1.29 is 0 Å². The fourth-order valence-electron chi connectivity index (χ4n) is 10.9. The number of para-hydroxylation sites is 3. The molecule has 0 radical (unpaired) electrons. The molecule has 0 spiro atoms. The summed E-state index contributed by atoms with van der Waals surface area (Å²) in [6.07, 6.45) is 3.95. The van der Waals surface area contributed by atoms with Crippen LogP contribution in [0.3, 0.4) is 0 Å². The Balaban J connectivity index is 1.20. The normalized spacial score (nSPS) is 14.5. The number of hydrogen-bond donors (Lipinski definition) is 0. The summed E-state index contributed by atoms with van der Waals surface area (Å²) in [5.41, 5.74) is 22.0. The standard InChI is InChI=1S/C51H30BN5/c1-3-14-30(15-4-1)43-33-18-7-8-19-34(33)44-36-21-13-22-37-48(36)56(50(43)44)41-28-31(39-23-11-12-26-53-39)29-42-46(41)52(37)38-25-27-54-47-45-35-20-9-10-24-40(35)55(32-16-5-2-6-17-32)51(45)57(42)49(38)47/h1-29,43H. The van der Waals surface area contributed by atoms with Crippen molar-refractivity contribution in [3.8, 4) is 39.4 Å². The molecule has 57 heavy (non-hydrogen) atoms. The molecule has 0 amide bonds. The molecule has 0 saturated carbocycles. The Morgan fingerprint density at radius 3 is 2.14 bits per heavy atom. The van der Waals surface area contributed by atoms with Gasteiger partial charge in [-0.05, 0) is 81.6 Å². The number of fused-ring (bicyclic) bond motifs is 14. The summed E-state index contributed by atoms with van der Waals surface area (Å²) in [6, 6.07) is 60.1.